The largest absolute Gasteiger partial charge is 0.489 e. The van der Waals surface area contributed by atoms with Gasteiger partial charge in [0.05, 0.1) is 5.56 Å². The van der Waals surface area contributed by atoms with Crippen LogP contribution in [0.3, 0.4) is 0 Å². The lowest BCUT2D eigenvalue weighted by molar-refractivity contribution is 0.111. The van der Waals surface area contributed by atoms with Gasteiger partial charge >= 0.3 is 7.05 Å². The van der Waals surface area contributed by atoms with Crippen LogP contribution in [-0.4, -0.2) is 42.4 Å². The van der Waals surface area contributed by atoms with E-state index in [-0.39, 0.29) is 6.10 Å². The van der Waals surface area contributed by atoms with Crippen molar-refractivity contribution in [3.05, 3.63) is 59.7 Å². The highest BCUT2D eigenvalue weighted by Gasteiger charge is 2.26. The first-order valence-corrected chi connectivity index (χ1v) is 9.00. The number of hydrogen-bond donors (Lipinski definition) is 1. The van der Waals surface area contributed by atoms with E-state index in [2.05, 4.69) is 0 Å². The summed E-state index contributed by atoms with van der Waals surface area (Å²) in [6.07, 6.45) is 2.71. The van der Waals surface area contributed by atoms with Crippen LogP contribution in [0.25, 0.3) is 0 Å². The quantitative estimate of drug-likeness (QED) is 0.613. The van der Waals surface area contributed by atoms with E-state index in [1.54, 1.807) is 19.0 Å². The third kappa shape index (κ3) is 4.87. The van der Waals surface area contributed by atoms with Gasteiger partial charge in [-0.05, 0) is 50.0 Å². The summed E-state index contributed by atoms with van der Waals surface area (Å²) in [7, 11) is -0.472. The molecular weight excluding hydrogens is 329 g/mol. The molecule has 0 aliphatic carbocycles. The maximum Gasteiger partial charge on any atom is 0.376 e. The number of carbonyl (C=O) groups excluding carboxylic acids is 1. The molecule has 136 valence electrons. The van der Waals surface area contributed by atoms with Crippen molar-refractivity contribution < 1.29 is 19.3 Å². The molecule has 1 N–H and O–H groups in total. The minimum Gasteiger partial charge on any atom is -0.489 e. The van der Waals surface area contributed by atoms with Crippen molar-refractivity contribution in [2.24, 2.45) is 0 Å². The van der Waals surface area contributed by atoms with Crippen LogP contribution in [0.4, 0.5) is 0 Å². The Labute approximate surface area is 154 Å². The predicted octanol–water partition coefficient (Wildman–Crippen LogP) is 3.03. The van der Waals surface area contributed by atoms with E-state index in [4.69, 9.17) is 9.47 Å². The predicted molar refractivity (Wildman–Crippen MR) is 102 cm³/mol. The van der Waals surface area contributed by atoms with E-state index in [0.717, 1.165) is 31.2 Å². The number of carbonyl (C=O) groups is 1. The Kier molecular flexibility index (Phi) is 6.31. The summed E-state index contributed by atoms with van der Waals surface area (Å²) in [5, 5.41) is 9.74. The number of hydrogen-bond acceptors (Lipinski definition) is 5. The van der Waals surface area contributed by atoms with Crippen LogP contribution in [0.15, 0.2) is 48.5 Å². The van der Waals surface area contributed by atoms with Crippen LogP contribution in [0.5, 0.6) is 11.5 Å². The standard InChI is InChI=1S/C20H24BNO4/c1-21(24)22-11-5-8-19(13-22)26-18-9-10-20(17(12-18)14-23)25-15-16-6-3-2-4-7-16/h2-4,6-7,9-10,12,14,19,24H,5,8,11,13,15H2,1H3/t19-/m1/s1. The van der Waals surface area contributed by atoms with Crippen molar-refractivity contribution in [2.75, 3.05) is 13.1 Å². The van der Waals surface area contributed by atoms with E-state index in [9.17, 15) is 9.82 Å². The van der Waals surface area contributed by atoms with Gasteiger partial charge in [0.2, 0.25) is 0 Å². The molecular formula is C20H24BNO4. The highest BCUT2D eigenvalue weighted by atomic mass is 16.5. The number of rotatable bonds is 7. The van der Waals surface area contributed by atoms with Crippen molar-refractivity contribution in [2.45, 2.75) is 32.4 Å². The van der Waals surface area contributed by atoms with Crippen LogP contribution in [0.2, 0.25) is 6.82 Å². The van der Waals surface area contributed by atoms with E-state index in [0.29, 0.717) is 30.2 Å². The van der Waals surface area contributed by atoms with Gasteiger partial charge in [-0.25, -0.2) is 0 Å². The fourth-order valence-electron chi connectivity index (χ4n) is 3.15. The molecule has 1 fully saturated rings. The summed E-state index contributed by atoms with van der Waals surface area (Å²) in [6, 6.07) is 15.1. The molecule has 1 aliphatic heterocycles. The van der Waals surface area contributed by atoms with Crippen molar-refractivity contribution >= 4 is 13.3 Å². The lowest BCUT2D eigenvalue weighted by Crippen LogP contribution is -2.47. The maximum atomic E-state index is 11.4. The first-order valence-electron chi connectivity index (χ1n) is 9.00. The van der Waals surface area contributed by atoms with Gasteiger partial charge in [-0.2, -0.15) is 0 Å². The molecule has 0 aromatic heterocycles. The average molecular weight is 353 g/mol. The first kappa shape index (κ1) is 18.5. The summed E-state index contributed by atoms with van der Waals surface area (Å²) in [6.45, 7) is 3.74. The van der Waals surface area contributed by atoms with E-state index in [1.165, 1.54) is 0 Å². The van der Waals surface area contributed by atoms with Gasteiger partial charge in [0.15, 0.2) is 6.29 Å². The Bertz CT molecular complexity index is 723. The second-order valence-corrected chi connectivity index (χ2v) is 6.60. The third-order valence-electron chi connectivity index (χ3n) is 4.59. The van der Waals surface area contributed by atoms with Gasteiger partial charge in [0.1, 0.15) is 24.2 Å². The maximum absolute atomic E-state index is 11.4. The Balaban J connectivity index is 1.63. The minimum atomic E-state index is -0.472. The molecule has 1 aliphatic rings. The van der Waals surface area contributed by atoms with E-state index in [1.807, 2.05) is 41.2 Å². The fraction of sp³-hybridized carbons (Fsp3) is 0.350. The van der Waals surface area contributed by atoms with Crippen LogP contribution in [0.1, 0.15) is 28.8 Å². The van der Waals surface area contributed by atoms with Crippen molar-refractivity contribution in [1.29, 1.82) is 0 Å². The van der Waals surface area contributed by atoms with Crippen molar-refractivity contribution in [1.82, 2.24) is 4.81 Å². The zero-order valence-electron chi connectivity index (χ0n) is 15.0. The highest BCUT2D eigenvalue weighted by molar-refractivity contribution is 6.45. The molecule has 1 heterocycles. The van der Waals surface area contributed by atoms with Gasteiger partial charge in [0.25, 0.3) is 0 Å². The van der Waals surface area contributed by atoms with Crippen LogP contribution >= 0.6 is 0 Å². The molecule has 6 heteroatoms. The smallest absolute Gasteiger partial charge is 0.376 e. The molecule has 0 bridgehead atoms. The molecule has 0 spiro atoms. The summed E-state index contributed by atoms with van der Waals surface area (Å²) < 4.78 is 11.8. The molecule has 26 heavy (non-hydrogen) atoms. The van der Waals surface area contributed by atoms with Gasteiger partial charge in [-0.3, -0.25) is 4.79 Å². The number of aldehydes is 1. The highest BCUT2D eigenvalue weighted by Crippen LogP contribution is 2.26. The molecule has 1 atom stereocenters. The SMILES string of the molecule is CB(O)N1CCC[C@@H](Oc2ccc(OCc3ccccc3)c(C=O)c2)C1. The molecule has 5 nitrogen and oxygen atoms in total. The third-order valence-corrected chi connectivity index (χ3v) is 4.59. The molecule has 0 radical (unpaired) electrons. The van der Waals surface area contributed by atoms with Crippen LogP contribution in [0, 0.1) is 0 Å². The monoisotopic (exact) mass is 353 g/mol. The van der Waals surface area contributed by atoms with E-state index >= 15 is 0 Å². The summed E-state index contributed by atoms with van der Waals surface area (Å²) in [5.74, 6) is 1.20. The first-order chi connectivity index (χ1) is 12.7. The fourth-order valence-corrected chi connectivity index (χ4v) is 3.15. The zero-order chi connectivity index (χ0) is 18.4. The summed E-state index contributed by atoms with van der Waals surface area (Å²) in [4.78, 5) is 13.4. The Morgan fingerprint density at radius 1 is 1.27 bits per heavy atom. The second kappa shape index (κ2) is 8.87. The molecule has 0 unspecified atom stereocenters. The summed E-state index contributed by atoms with van der Waals surface area (Å²) in [5.41, 5.74) is 1.52. The molecule has 2 aromatic rings. The molecule has 1 saturated heterocycles. The molecule has 3 rings (SSSR count). The van der Waals surface area contributed by atoms with Gasteiger partial charge in [-0.1, -0.05) is 30.3 Å². The van der Waals surface area contributed by atoms with Gasteiger partial charge in [-0.15, -0.1) is 0 Å². The van der Waals surface area contributed by atoms with Gasteiger partial charge in [0, 0.05) is 6.54 Å². The minimum absolute atomic E-state index is 0.00828. The second-order valence-electron chi connectivity index (χ2n) is 6.60. The molecule has 2 aromatic carbocycles. The molecule has 0 saturated carbocycles. The number of nitrogens with zero attached hydrogens (tertiary/aromatic N) is 1. The topological polar surface area (TPSA) is 59.0 Å². The number of ether oxygens (including phenoxy) is 2. The van der Waals surface area contributed by atoms with Crippen LogP contribution < -0.4 is 9.47 Å². The van der Waals surface area contributed by atoms with E-state index < -0.39 is 7.05 Å². The number of benzene rings is 2. The summed E-state index contributed by atoms with van der Waals surface area (Å²) >= 11 is 0. The Hall–Kier alpha value is -2.31. The Morgan fingerprint density at radius 2 is 2.08 bits per heavy atom. The average Bonchev–Trinajstić information content (AvgIpc) is 2.68. The lowest BCUT2D eigenvalue weighted by atomic mass is 9.82. The molecule has 0 amide bonds. The zero-order valence-corrected chi connectivity index (χ0v) is 15.0. The Morgan fingerprint density at radius 3 is 2.81 bits per heavy atom. The van der Waals surface area contributed by atoms with Gasteiger partial charge < -0.3 is 19.3 Å². The lowest BCUT2D eigenvalue weighted by Gasteiger charge is -2.33. The van der Waals surface area contributed by atoms with Crippen molar-refractivity contribution in [3.8, 4) is 11.5 Å². The van der Waals surface area contributed by atoms with Crippen molar-refractivity contribution in [3.63, 3.8) is 0 Å². The van der Waals surface area contributed by atoms with Crippen LogP contribution in [-0.2, 0) is 6.61 Å². The number of piperidine rings is 1. The normalized spacial score (nSPS) is 17.5.